The number of nitro groups is 1. The Morgan fingerprint density at radius 2 is 2.27 bits per heavy atom. The fourth-order valence-corrected chi connectivity index (χ4v) is 1.13. The summed E-state index contributed by atoms with van der Waals surface area (Å²) in [5.74, 6) is -1.20. The van der Waals surface area contributed by atoms with Gasteiger partial charge < -0.3 is 5.11 Å². The molecule has 15 heavy (non-hydrogen) atoms. The molecule has 0 aromatic heterocycles. The summed E-state index contributed by atoms with van der Waals surface area (Å²) < 4.78 is 0. The summed E-state index contributed by atoms with van der Waals surface area (Å²) >= 11 is 0. The van der Waals surface area contributed by atoms with Gasteiger partial charge in [-0.15, -0.1) is 0 Å². The van der Waals surface area contributed by atoms with Crippen LogP contribution in [0.15, 0.2) is 18.2 Å². The van der Waals surface area contributed by atoms with Gasteiger partial charge in [0.2, 0.25) is 0 Å². The largest absolute Gasteiger partial charge is 0.478 e. The summed E-state index contributed by atoms with van der Waals surface area (Å²) in [6.07, 6.45) is -0.163. The fraction of sp³-hybridized carbons (Fsp3) is 0.111. The Labute approximate surface area is 84.5 Å². The third-order valence-corrected chi connectivity index (χ3v) is 1.80. The average molecular weight is 206 g/mol. The van der Waals surface area contributed by atoms with Crippen LogP contribution in [0.25, 0.3) is 0 Å². The summed E-state index contributed by atoms with van der Waals surface area (Å²) in [6, 6.07) is 5.10. The van der Waals surface area contributed by atoms with Gasteiger partial charge in [-0.05, 0) is 11.6 Å². The van der Waals surface area contributed by atoms with E-state index in [0.29, 0.717) is 0 Å². The van der Waals surface area contributed by atoms with Gasteiger partial charge in [-0.25, -0.2) is 4.79 Å². The van der Waals surface area contributed by atoms with Crippen molar-refractivity contribution in [2.45, 2.75) is 6.42 Å². The molecule has 6 nitrogen and oxygen atoms in total. The second kappa shape index (κ2) is 4.19. The van der Waals surface area contributed by atoms with Gasteiger partial charge in [0.15, 0.2) is 0 Å². The van der Waals surface area contributed by atoms with Crippen molar-refractivity contribution in [3.63, 3.8) is 0 Å². The molecule has 1 aromatic carbocycles. The van der Waals surface area contributed by atoms with E-state index >= 15 is 0 Å². The monoisotopic (exact) mass is 206 g/mol. The minimum Gasteiger partial charge on any atom is -0.478 e. The maximum atomic E-state index is 10.7. The minimum absolute atomic E-state index is 0.0813. The van der Waals surface area contributed by atoms with Gasteiger partial charge in [-0.1, -0.05) is 0 Å². The summed E-state index contributed by atoms with van der Waals surface area (Å²) in [4.78, 5) is 20.5. The van der Waals surface area contributed by atoms with Crippen molar-refractivity contribution in [2.24, 2.45) is 0 Å². The molecule has 0 atom stereocenters. The van der Waals surface area contributed by atoms with E-state index in [1.807, 2.05) is 0 Å². The molecule has 0 aliphatic rings. The summed E-state index contributed by atoms with van der Waals surface area (Å²) in [5, 5.41) is 27.6. The first-order chi connectivity index (χ1) is 7.06. The molecular formula is C9H6N2O4. The van der Waals surface area contributed by atoms with Crippen LogP contribution >= 0.6 is 0 Å². The first-order valence-electron chi connectivity index (χ1n) is 3.94. The number of hydrogen-bond acceptors (Lipinski definition) is 4. The van der Waals surface area contributed by atoms with Crippen LogP contribution in [-0.4, -0.2) is 16.0 Å². The zero-order valence-corrected chi connectivity index (χ0v) is 7.51. The Morgan fingerprint density at radius 1 is 1.60 bits per heavy atom. The number of carbonyl (C=O) groups is 1. The Kier molecular flexibility index (Phi) is 2.98. The van der Waals surface area contributed by atoms with Gasteiger partial charge in [-0.2, -0.15) is 5.26 Å². The Bertz CT molecular complexity index is 462. The molecule has 0 saturated heterocycles. The van der Waals surface area contributed by atoms with Crippen LogP contribution in [0.5, 0.6) is 0 Å². The van der Waals surface area contributed by atoms with Crippen molar-refractivity contribution in [1.82, 2.24) is 0 Å². The molecule has 1 aromatic rings. The lowest BCUT2D eigenvalue weighted by atomic mass is 10.0. The number of aromatic carboxylic acids is 1. The smallest absolute Gasteiger partial charge is 0.336 e. The SMILES string of the molecule is N#CCc1cc([N+](=O)[O-])ccc1C(=O)O. The summed E-state index contributed by atoms with van der Waals surface area (Å²) in [5.41, 5.74) is -0.147. The molecule has 0 aliphatic carbocycles. The second-order valence-corrected chi connectivity index (χ2v) is 2.74. The first kappa shape index (κ1) is 10.7. The number of hydrogen-bond donors (Lipinski definition) is 1. The van der Waals surface area contributed by atoms with Crippen molar-refractivity contribution in [3.05, 3.63) is 39.4 Å². The van der Waals surface area contributed by atoms with E-state index in [9.17, 15) is 14.9 Å². The van der Waals surface area contributed by atoms with Gasteiger partial charge in [0.05, 0.1) is 23.0 Å². The van der Waals surface area contributed by atoms with Crippen molar-refractivity contribution in [2.75, 3.05) is 0 Å². The highest BCUT2D eigenvalue weighted by Crippen LogP contribution is 2.18. The lowest BCUT2D eigenvalue weighted by Crippen LogP contribution is -2.03. The highest BCUT2D eigenvalue weighted by Gasteiger charge is 2.14. The quantitative estimate of drug-likeness (QED) is 0.593. The number of benzene rings is 1. The molecule has 0 fully saturated rings. The predicted octanol–water partition coefficient (Wildman–Crippen LogP) is 1.36. The molecule has 1 N–H and O–H groups in total. The van der Waals surface area contributed by atoms with Crippen LogP contribution in [0, 0.1) is 21.4 Å². The van der Waals surface area contributed by atoms with Crippen LogP contribution in [0.3, 0.4) is 0 Å². The molecule has 0 unspecified atom stereocenters. The maximum Gasteiger partial charge on any atom is 0.336 e. The maximum absolute atomic E-state index is 10.7. The van der Waals surface area contributed by atoms with E-state index in [1.54, 1.807) is 6.07 Å². The highest BCUT2D eigenvalue weighted by molar-refractivity contribution is 5.89. The molecule has 0 spiro atoms. The van der Waals surface area contributed by atoms with E-state index in [0.717, 1.165) is 18.2 Å². The predicted molar refractivity (Wildman–Crippen MR) is 49.4 cm³/mol. The van der Waals surface area contributed by atoms with Gasteiger partial charge in [-0.3, -0.25) is 10.1 Å². The normalized spacial score (nSPS) is 9.27. The standard InChI is InChI=1S/C9H6N2O4/c10-4-3-6-5-7(11(14)15)1-2-8(6)9(12)13/h1-2,5H,3H2,(H,12,13). The molecule has 0 amide bonds. The summed E-state index contributed by atoms with van der Waals surface area (Å²) in [7, 11) is 0. The molecule has 1 rings (SSSR count). The fourth-order valence-electron chi connectivity index (χ4n) is 1.13. The zero-order valence-electron chi connectivity index (χ0n) is 7.51. The Balaban J connectivity index is 3.27. The number of carboxylic acid groups (broad SMARTS) is 1. The van der Waals surface area contributed by atoms with E-state index in [2.05, 4.69) is 0 Å². The van der Waals surface area contributed by atoms with E-state index < -0.39 is 10.9 Å². The van der Waals surface area contributed by atoms with Crippen LogP contribution in [-0.2, 0) is 6.42 Å². The van der Waals surface area contributed by atoms with Crippen LogP contribution < -0.4 is 0 Å². The number of non-ortho nitro benzene ring substituents is 1. The van der Waals surface area contributed by atoms with Crippen molar-refractivity contribution in [1.29, 1.82) is 5.26 Å². The number of rotatable bonds is 3. The zero-order chi connectivity index (χ0) is 11.4. The third-order valence-electron chi connectivity index (χ3n) is 1.80. The average Bonchev–Trinajstić information content (AvgIpc) is 2.17. The van der Waals surface area contributed by atoms with E-state index in [4.69, 9.17) is 10.4 Å². The number of nitro benzene ring substituents is 1. The molecule has 0 heterocycles. The van der Waals surface area contributed by atoms with Crippen molar-refractivity contribution in [3.8, 4) is 6.07 Å². The number of nitrogens with zero attached hydrogens (tertiary/aromatic N) is 2. The number of nitriles is 1. The first-order valence-corrected chi connectivity index (χ1v) is 3.94. The third kappa shape index (κ3) is 2.28. The molecule has 0 aliphatic heterocycles. The van der Waals surface area contributed by atoms with Gasteiger partial charge in [0.25, 0.3) is 5.69 Å². The van der Waals surface area contributed by atoms with Crippen LogP contribution in [0.1, 0.15) is 15.9 Å². The Morgan fingerprint density at radius 3 is 2.73 bits per heavy atom. The number of carboxylic acids is 1. The van der Waals surface area contributed by atoms with Gasteiger partial charge in [0, 0.05) is 12.1 Å². The van der Waals surface area contributed by atoms with Crippen LogP contribution in [0.4, 0.5) is 5.69 Å². The van der Waals surface area contributed by atoms with Crippen molar-refractivity contribution >= 4 is 11.7 Å². The lowest BCUT2D eigenvalue weighted by molar-refractivity contribution is -0.384. The molecule has 0 saturated carbocycles. The minimum atomic E-state index is -1.20. The van der Waals surface area contributed by atoms with E-state index in [-0.39, 0.29) is 23.2 Å². The van der Waals surface area contributed by atoms with Gasteiger partial charge >= 0.3 is 5.97 Å². The van der Waals surface area contributed by atoms with Crippen molar-refractivity contribution < 1.29 is 14.8 Å². The molecule has 76 valence electrons. The Hall–Kier alpha value is -2.42. The van der Waals surface area contributed by atoms with Gasteiger partial charge in [0.1, 0.15) is 0 Å². The highest BCUT2D eigenvalue weighted by atomic mass is 16.6. The molecular weight excluding hydrogens is 200 g/mol. The molecule has 0 bridgehead atoms. The molecule has 0 radical (unpaired) electrons. The topological polar surface area (TPSA) is 104 Å². The van der Waals surface area contributed by atoms with Crippen LogP contribution in [0.2, 0.25) is 0 Å². The summed E-state index contributed by atoms with van der Waals surface area (Å²) in [6.45, 7) is 0. The molecule has 6 heteroatoms. The lowest BCUT2D eigenvalue weighted by Gasteiger charge is -2.01. The van der Waals surface area contributed by atoms with E-state index in [1.165, 1.54) is 0 Å². The second-order valence-electron chi connectivity index (χ2n) is 2.74.